The summed E-state index contributed by atoms with van der Waals surface area (Å²) in [5.74, 6) is 0.870. The molecule has 4 heteroatoms. The van der Waals surface area contributed by atoms with Crippen LogP contribution in [0.3, 0.4) is 0 Å². The predicted octanol–water partition coefficient (Wildman–Crippen LogP) is 5.42. The Kier molecular flexibility index (Phi) is 5.33. The number of benzene rings is 2. The molecule has 0 aliphatic rings. The highest BCUT2D eigenvalue weighted by Crippen LogP contribution is 2.25. The van der Waals surface area contributed by atoms with Gasteiger partial charge in [-0.15, -0.1) is 0 Å². The third kappa shape index (κ3) is 3.87. The van der Waals surface area contributed by atoms with Gasteiger partial charge in [0.05, 0.1) is 0 Å². The van der Waals surface area contributed by atoms with Crippen LogP contribution in [0.5, 0.6) is 5.75 Å². The quantitative estimate of drug-likeness (QED) is 0.459. The Morgan fingerprint density at radius 1 is 1.11 bits per heavy atom. The minimum Gasteiger partial charge on any atom is -0.489 e. The van der Waals surface area contributed by atoms with Crippen LogP contribution >= 0.6 is 50.1 Å². The second-order valence-electron chi connectivity index (χ2n) is 3.80. The summed E-state index contributed by atoms with van der Waals surface area (Å²) in [4.78, 5) is 0. The molecule has 2 rings (SSSR count). The second kappa shape index (κ2) is 6.78. The topological polar surface area (TPSA) is 9.23 Å². The monoisotopic (exact) mass is 436 g/mol. The summed E-state index contributed by atoms with van der Waals surface area (Å²) in [7, 11) is 0. The zero-order valence-electron chi connectivity index (χ0n) is 9.50. The minimum atomic E-state index is 0.568. The summed E-state index contributed by atoms with van der Waals surface area (Å²) in [6.45, 7) is 0.568. The molecular weight excluding hydrogens is 426 g/mol. The maximum Gasteiger partial charge on any atom is 0.123 e. The molecule has 0 N–H and O–H groups in total. The van der Waals surface area contributed by atoms with Crippen molar-refractivity contribution in [2.45, 2.75) is 11.9 Å². The van der Waals surface area contributed by atoms with Crippen LogP contribution in [0.25, 0.3) is 0 Å². The van der Waals surface area contributed by atoms with Crippen molar-refractivity contribution in [2.24, 2.45) is 0 Å². The largest absolute Gasteiger partial charge is 0.489 e. The van der Waals surface area contributed by atoms with E-state index < -0.39 is 0 Å². The fourth-order valence-electron chi connectivity index (χ4n) is 1.53. The van der Waals surface area contributed by atoms with E-state index in [-0.39, 0.29) is 0 Å². The van der Waals surface area contributed by atoms with Crippen LogP contribution in [0.2, 0.25) is 5.02 Å². The predicted molar refractivity (Wildman–Crippen MR) is 87.6 cm³/mol. The first-order valence-electron chi connectivity index (χ1n) is 5.40. The normalized spacial score (nSPS) is 10.4. The van der Waals surface area contributed by atoms with Gasteiger partial charge in [0.15, 0.2) is 0 Å². The molecule has 0 amide bonds. The van der Waals surface area contributed by atoms with Gasteiger partial charge in [-0.1, -0.05) is 39.7 Å². The highest BCUT2D eigenvalue weighted by Gasteiger charge is 2.04. The molecule has 0 atom stereocenters. The maximum absolute atomic E-state index is 5.95. The van der Waals surface area contributed by atoms with Crippen LogP contribution in [0.4, 0.5) is 0 Å². The summed E-state index contributed by atoms with van der Waals surface area (Å²) in [6.07, 6.45) is 0. The average Bonchev–Trinajstić information content (AvgIpc) is 2.39. The van der Waals surface area contributed by atoms with Gasteiger partial charge < -0.3 is 4.74 Å². The fraction of sp³-hybridized carbons (Fsp3) is 0.143. The first-order valence-corrected chi connectivity index (χ1v) is 7.98. The number of rotatable bonds is 4. The third-order valence-electron chi connectivity index (χ3n) is 2.47. The molecule has 0 unspecified atom stereocenters. The lowest BCUT2D eigenvalue weighted by atomic mass is 10.2. The van der Waals surface area contributed by atoms with Crippen molar-refractivity contribution in [3.63, 3.8) is 0 Å². The van der Waals surface area contributed by atoms with E-state index in [0.29, 0.717) is 6.61 Å². The molecular formula is C14H11BrClIO. The molecule has 2 aromatic carbocycles. The standard InChI is InChI=1S/C14H11BrClIO/c15-8-11-7-12(16)3-6-14(11)18-9-10-1-4-13(17)5-2-10/h1-7H,8-9H2. The smallest absolute Gasteiger partial charge is 0.123 e. The number of hydrogen-bond donors (Lipinski definition) is 0. The molecule has 18 heavy (non-hydrogen) atoms. The van der Waals surface area contributed by atoms with Gasteiger partial charge in [-0.2, -0.15) is 0 Å². The van der Waals surface area contributed by atoms with Gasteiger partial charge in [-0.3, -0.25) is 0 Å². The lowest BCUT2D eigenvalue weighted by Gasteiger charge is -2.10. The zero-order valence-corrected chi connectivity index (χ0v) is 14.0. The Balaban J connectivity index is 2.08. The Hall–Kier alpha value is -0.260. The van der Waals surface area contributed by atoms with Gasteiger partial charge in [0.25, 0.3) is 0 Å². The minimum absolute atomic E-state index is 0.568. The molecule has 0 saturated heterocycles. The van der Waals surface area contributed by atoms with Gasteiger partial charge >= 0.3 is 0 Å². The van der Waals surface area contributed by atoms with Crippen LogP contribution in [0.15, 0.2) is 42.5 Å². The Morgan fingerprint density at radius 2 is 1.83 bits per heavy atom. The van der Waals surface area contributed by atoms with Crippen molar-refractivity contribution in [1.82, 2.24) is 0 Å². The van der Waals surface area contributed by atoms with E-state index in [9.17, 15) is 0 Å². The van der Waals surface area contributed by atoms with Crippen LogP contribution in [0, 0.1) is 3.57 Å². The summed E-state index contributed by atoms with van der Waals surface area (Å²) < 4.78 is 7.04. The Morgan fingerprint density at radius 3 is 2.50 bits per heavy atom. The molecule has 94 valence electrons. The van der Waals surface area contributed by atoms with Crippen LogP contribution < -0.4 is 4.74 Å². The second-order valence-corrected chi connectivity index (χ2v) is 6.04. The van der Waals surface area contributed by atoms with Crippen molar-refractivity contribution in [3.8, 4) is 5.75 Å². The molecule has 0 radical (unpaired) electrons. The van der Waals surface area contributed by atoms with Crippen molar-refractivity contribution < 1.29 is 4.74 Å². The summed E-state index contributed by atoms with van der Waals surface area (Å²) in [5, 5.41) is 1.46. The van der Waals surface area contributed by atoms with Crippen molar-refractivity contribution in [2.75, 3.05) is 0 Å². The molecule has 0 heterocycles. The Labute approximate surface area is 134 Å². The van der Waals surface area contributed by atoms with Crippen molar-refractivity contribution in [3.05, 3.63) is 62.2 Å². The highest BCUT2D eigenvalue weighted by molar-refractivity contribution is 14.1. The third-order valence-corrected chi connectivity index (χ3v) is 4.03. The summed E-state index contributed by atoms with van der Waals surface area (Å²) >= 11 is 11.7. The van der Waals surface area contributed by atoms with E-state index in [2.05, 4.69) is 62.8 Å². The SMILES string of the molecule is Clc1ccc(OCc2ccc(I)cc2)c(CBr)c1. The molecule has 0 aliphatic carbocycles. The first kappa shape index (κ1) is 14.2. The van der Waals surface area contributed by atoms with E-state index in [4.69, 9.17) is 16.3 Å². The van der Waals surface area contributed by atoms with E-state index >= 15 is 0 Å². The van der Waals surface area contributed by atoms with Crippen LogP contribution in [-0.2, 0) is 11.9 Å². The molecule has 0 aromatic heterocycles. The van der Waals surface area contributed by atoms with Gasteiger partial charge in [-0.25, -0.2) is 0 Å². The lowest BCUT2D eigenvalue weighted by molar-refractivity contribution is 0.304. The van der Waals surface area contributed by atoms with E-state index in [1.165, 1.54) is 3.57 Å². The molecule has 0 aliphatic heterocycles. The van der Waals surface area contributed by atoms with Gasteiger partial charge in [0.2, 0.25) is 0 Å². The van der Waals surface area contributed by atoms with Gasteiger partial charge in [0.1, 0.15) is 12.4 Å². The molecule has 0 spiro atoms. The zero-order chi connectivity index (χ0) is 13.0. The maximum atomic E-state index is 5.95. The van der Waals surface area contributed by atoms with Crippen molar-refractivity contribution >= 4 is 50.1 Å². The number of alkyl halides is 1. The Bertz CT molecular complexity index is 528. The number of hydrogen-bond acceptors (Lipinski definition) is 1. The number of ether oxygens (including phenoxy) is 1. The van der Waals surface area contributed by atoms with Gasteiger partial charge in [0, 0.05) is 19.5 Å². The summed E-state index contributed by atoms with van der Waals surface area (Å²) in [5.41, 5.74) is 2.22. The molecule has 0 bridgehead atoms. The fourth-order valence-corrected chi connectivity index (χ4v) is 2.53. The summed E-state index contributed by atoms with van der Waals surface area (Å²) in [6, 6.07) is 14.0. The lowest BCUT2D eigenvalue weighted by Crippen LogP contribution is -1.97. The van der Waals surface area contributed by atoms with E-state index in [1.54, 1.807) is 0 Å². The van der Waals surface area contributed by atoms with E-state index in [1.807, 2.05) is 18.2 Å². The molecule has 1 nitrogen and oxygen atoms in total. The molecule has 0 fully saturated rings. The average molecular weight is 438 g/mol. The molecule has 2 aromatic rings. The van der Waals surface area contributed by atoms with Crippen LogP contribution in [-0.4, -0.2) is 0 Å². The molecule has 0 saturated carbocycles. The number of halogens is 3. The van der Waals surface area contributed by atoms with Crippen molar-refractivity contribution in [1.29, 1.82) is 0 Å². The highest BCUT2D eigenvalue weighted by atomic mass is 127. The van der Waals surface area contributed by atoms with Gasteiger partial charge in [-0.05, 0) is 58.5 Å². The van der Waals surface area contributed by atoms with Crippen LogP contribution in [0.1, 0.15) is 11.1 Å². The van der Waals surface area contributed by atoms with E-state index in [0.717, 1.165) is 27.2 Å². The first-order chi connectivity index (χ1) is 8.69.